The molecule has 0 radical (unpaired) electrons. The van der Waals surface area contributed by atoms with Crippen molar-refractivity contribution >= 4 is 11.4 Å². The fraction of sp³-hybridized carbons (Fsp3) is 0.600. The van der Waals surface area contributed by atoms with E-state index < -0.39 is 0 Å². The van der Waals surface area contributed by atoms with E-state index in [1.165, 1.54) is 122 Å². The van der Waals surface area contributed by atoms with Crippen molar-refractivity contribution in [3.63, 3.8) is 0 Å². The predicted octanol–water partition coefficient (Wildman–Crippen LogP) is 12.6. The summed E-state index contributed by atoms with van der Waals surface area (Å²) >= 11 is 0. The van der Waals surface area contributed by atoms with Gasteiger partial charge in [0, 0.05) is 52.8 Å². The molecule has 2 N–H and O–H groups in total. The van der Waals surface area contributed by atoms with Crippen LogP contribution in [0.1, 0.15) is 169 Å². The minimum Gasteiger partial charge on any atom is -0.493 e. The van der Waals surface area contributed by atoms with E-state index in [0.717, 1.165) is 46.5 Å². The van der Waals surface area contributed by atoms with Crippen molar-refractivity contribution in [1.29, 1.82) is 0 Å². The Kier molecular flexibility index (Phi) is 25.8. The standard InChI is InChI=1S/C41H58N2.2C2H6O.Ni/c1-9-10-11-12-13-14-15-16-17-18-19-20-21-22-23-24-25-39-36(8)40(37-26-30(2)34(6)31(3)27-37)43(42)41(39)38-28-32(4)35(7)33(5)29-38;2*1-2-3;/h26-29H,9-23H2,1-8H3;2*3H,2H2,1H3;. The molecule has 4 nitrogen and oxygen atoms in total. The molecule has 282 valence electrons. The first-order chi connectivity index (χ1) is 23.5. The number of nitrogens with zero attached hydrogens (tertiary/aromatic N) is 2. The molecule has 1 aliphatic heterocycles. The van der Waals surface area contributed by atoms with Crippen LogP contribution in [0.25, 0.3) is 16.9 Å². The Morgan fingerprint density at radius 1 is 0.540 bits per heavy atom. The molecule has 2 aromatic carbocycles. The number of aliphatic hydroxyl groups excluding tert-OH is 2. The molecule has 0 aliphatic carbocycles. The fourth-order valence-electron chi connectivity index (χ4n) is 6.33. The first-order valence-electron chi connectivity index (χ1n) is 19.3. The van der Waals surface area contributed by atoms with Gasteiger partial charge in [0.15, 0.2) is 0 Å². The number of benzene rings is 2. The van der Waals surface area contributed by atoms with Crippen LogP contribution in [-0.2, 0) is 16.5 Å². The van der Waals surface area contributed by atoms with Crippen molar-refractivity contribution < 1.29 is 31.4 Å². The summed E-state index contributed by atoms with van der Waals surface area (Å²) < 4.78 is 1.40. The van der Waals surface area contributed by atoms with Crippen LogP contribution < -0.4 is 0 Å². The average molecular weight is 730 g/mol. The summed E-state index contributed by atoms with van der Waals surface area (Å²) in [5.74, 6) is 7.01. The number of rotatable bonds is 16. The van der Waals surface area contributed by atoms with Gasteiger partial charge in [-0.3, -0.25) is 0 Å². The Balaban J connectivity index is 0.00000319. The van der Waals surface area contributed by atoms with E-state index in [1.807, 2.05) is 0 Å². The van der Waals surface area contributed by atoms with Gasteiger partial charge in [-0.25, -0.2) is 4.70 Å². The smallest absolute Gasteiger partial charge is 0.223 e. The zero-order chi connectivity index (χ0) is 36.8. The Morgan fingerprint density at radius 2 is 0.860 bits per heavy atom. The molecule has 1 heterocycles. The summed E-state index contributed by atoms with van der Waals surface area (Å²) in [6.45, 7) is 21.2. The normalized spacial score (nSPS) is 12.1. The maximum Gasteiger partial charge on any atom is 0.223 e. The Hall–Kier alpha value is -2.51. The maximum atomic E-state index is 11.7. The molecule has 5 heteroatoms. The third-order valence-corrected chi connectivity index (χ3v) is 9.66. The molecule has 0 amide bonds. The number of aryl methyl sites for hydroxylation is 4. The quantitative estimate of drug-likeness (QED) is 0.0782. The molecule has 0 saturated carbocycles. The van der Waals surface area contributed by atoms with E-state index in [9.17, 15) is 5.53 Å². The Labute approximate surface area is 317 Å². The predicted molar refractivity (Wildman–Crippen MR) is 213 cm³/mol. The monoisotopic (exact) mass is 728 g/mol. The fourth-order valence-corrected chi connectivity index (χ4v) is 6.33. The first-order valence-corrected chi connectivity index (χ1v) is 19.3. The molecule has 0 aromatic heterocycles. The van der Waals surface area contributed by atoms with Gasteiger partial charge in [-0.15, -0.1) is 0 Å². The second-order valence-electron chi connectivity index (χ2n) is 13.8. The van der Waals surface area contributed by atoms with Gasteiger partial charge >= 0.3 is 0 Å². The van der Waals surface area contributed by atoms with Gasteiger partial charge in [-0.2, -0.15) is 0 Å². The van der Waals surface area contributed by atoms with Gasteiger partial charge in [0.1, 0.15) is 5.57 Å². The summed E-state index contributed by atoms with van der Waals surface area (Å²) in [5, 5.41) is 15.1. The number of unbranched alkanes of at least 4 members (excludes halogenated alkanes) is 14. The largest absolute Gasteiger partial charge is 0.493 e. The molecule has 0 bridgehead atoms. The van der Waals surface area contributed by atoms with Crippen LogP contribution in [0.5, 0.6) is 0 Å². The number of hydrogen-bond acceptors (Lipinski definition) is 2. The second kappa shape index (κ2) is 27.2. The first kappa shape index (κ1) is 47.5. The van der Waals surface area contributed by atoms with Crippen molar-refractivity contribution in [2.75, 3.05) is 13.2 Å². The van der Waals surface area contributed by atoms with Gasteiger partial charge in [-0.1, -0.05) is 102 Å². The maximum absolute atomic E-state index is 11.7. The molecule has 50 heavy (non-hydrogen) atoms. The van der Waals surface area contributed by atoms with E-state index in [2.05, 4.69) is 91.5 Å². The average Bonchev–Trinajstić information content (AvgIpc) is 3.30. The zero-order valence-corrected chi connectivity index (χ0v) is 34.4. The molecular formula is C45H70N2NiO2. The molecule has 0 atom stereocenters. The summed E-state index contributed by atoms with van der Waals surface area (Å²) in [6, 6.07) is 8.77. The van der Waals surface area contributed by atoms with Crippen molar-refractivity contribution in [3.05, 3.63) is 85.5 Å². The number of aliphatic hydroxyl groups is 2. The molecule has 0 unspecified atom stereocenters. The van der Waals surface area contributed by atoms with Crippen LogP contribution in [0.3, 0.4) is 0 Å². The third kappa shape index (κ3) is 15.8. The summed E-state index contributed by atoms with van der Waals surface area (Å²) in [5.41, 5.74) is 24.9. The van der Waals surface area contributed by atoms with Crippen molar-refractivity contribution in [1.82, 2.24) is 0 Å². The van der Waals surface area contributed by atoms with Crippen LogP contribution >= 0.6 is 0 Å². The van der Waals surface area contributed by atoms with Crippen LogP contribution in [0, 0.1) is 53.4 Å². The Morgan fingerprint density at radius 3 is 1.22 bits per heavy atom. The SMILES string of the molecule is CCCCCCCCCCCCCCCCC#CC1=C(c2cc(C)c(C)c(C)c2)[N+](=[N-])C(c2cc(C)c(C)c(C)c2)=C1C.CCO.CCO.[Ni]. The minimum absolute atomic E-state index is 0. The molecule has 2 aromatic rings. The molecule has 3 rings (SSSR count). The van der Waals surface area contributed by atoms with Crippen LogP contribution in [-0.4, -0.2) is 28.1 Å². The Bertz CT molecular complexity index is 1390. The molecule has 1 aliphatic rings. The topological polar surface area (TPSA) is 65.8 Å². The van der Waals surface area contributed by atoms with Crippen LogP contribution in [0.2, 0.25) is 0 Å². The zero-order valence-electron chi connectivity index (χ0n) is 33.4. The summed E-state index contributed by atoms with van der Waals surface area (Å²) in [6.07, 6.45) is 20.0. The minimum atomic E-state index is 0. The van der Waals surface area contributed by atoms with Gasteiger partial charge in [0.25, 0.3) is 0 Å². The van der Waals surface area contributed by atoms with Crippen molar-refractivity contribution in [2.45, 2.75) is 166 Å². The third-order valence-electron chi connectivity index (χ3n) is 9.66. The van der Waals surface area contributed by atoms with Crippen LogP contribution in [0.15, 0.2) is 35.4 Å². The molecule has 0 saturated heterocycles. The van der Waals surface area contributed by atoms with E-state index in [-0.39, 0.29) is 29.7 Å². The van der Waals surface area contributed by atoms with E-state index >= 15 is 0 Å². The van der Waals surface area contributed by atoms with Gasteiger partial charge in [0.2, 0.25) is 11.4 Å². The molecule has 0 spiro atoms. The van der Waals surface area contributed by atoms with E-state index in [1.54, 1.807) is 13.8 Å². The molecular weight excluding hydrogens is 659 g/mol. The van der Waals surface area contributed by atoms with Gasteiger partial charge < -0.3 is 15.7 Å². The second-order valence-corrected chi connectivity index (χ2v) is 13.8. The summed E-state index contributed by atoms with van der Waals surface area (Å²) in [7, 11) is 0. The van der Waals surface area contributed by atoms with Gasteiger partial charge in [-0.05, 0) is 126 Å². The van der Waals surface area contributed by atoms with E-state index in [4.69, 9.17) is 10.2 Å². The van der Waals surface area contributed by atoms with Crippen molar-refractivity contribution in [2.24, 2.45) is 0 Å². The van der Waals surface area contributed by atoms with Crippen molar-refractivity contribution in [3.8, 4) is 11.8 Å². The number of hydrogen-bond donors (Lipinski definition) is 2. The van der Waals surface area contributed by atoms with Gasteiger partial charge in [0.05, 0.1) is 0 Å². The molecule has 0 fully saturated rings. The van der Waals surface area contributed by atoms with Crippen LogP contribution in [0.4, 0.5) is 0 Å². The van der Waals surface area contributed by atoms with E-state index in [0.29, 0.717) is 0 Å². The summed E-state index contributed by atoms with van der Waals surface area (Å²) in [4.78, 5) is 0. The number of allylic oxidation sites excluding steroid dienone is 2.